The number of unbranched alkanes of at least 4 members (excludes halogenated alkanes) is 1. The van der Waals surface area contributed by atoms with Gasteiger partial charge in [0.05, 0.1) is 3.79 Å². The monoisotopic (exact) mass is 274 g/mol. The van der Waals surface area contributed by atoms with E-state index in [2.05, 4.69) is 41.9 Å². The predicted octanol–water partition coefficient (Wildman–Crippen LogP) is 5.27. The summed E-state index contributed by atoms with van der Waals surface area (Å²) < 4.78 is 1.26. The molecule has 0 amide bonds. The van der Waals surface area contributed by atoms with Crippen LogP contribution < -0.4 is 0 Å². The molecule has 1 unspecified atom stereocenters. The van der Waals surface area contributed by atoms with Crippen LogP contribution in [0.4, 0.5) is 0 Å². The second kappa shape index (κ2) is 6.62. The Bertz CT molecular complexity index is 255. The molecular weight excluding hydrogens is 256 g/mol. The van der Waals surface area contributed by atoms with Crippen LogP contribution >= 0.6 is 27.3 Å². The highest BCUT2D eigenvalue weighted by Crippen LogP contribution is 2.26. The van der Waals surface area contributed by atoms with Gasteiger partial charge in [-0.15, -0.1) is 11.3 Å². The zero-order valence-electron chi connectivity index (χ0n) is 9.05. The second-order valence-corrected chi connectivity index (χ2v) is 6.37. The molecule has 0 fully saturated rings. The van der Waals surface area contributed by atoms with Crippen LogP contribution in [-0.2, 0) is 6.42 Å². The maximum Gasteiger partial charge on any atom is 0.0701 e. The van der Waals surface area contributed by atoms with E-state index in [1.807, 2.05) is 11.3 Å². The van der Waals surface area contributed by atoms with Crippen molar-refractivity contribution in [3.8, 4) is 0 Å². The van der Waals surface area contributed by atoms with E-state index in [0.717, 1.165) is 5.92 Å². The van der Waals surface area contributed by atoms with Crippen LogP contribution in [0, 0.1) is 5.92 Å². The molecular formula is C12H19BrS. The molecule has 0 aliphatic rings. The molecule has 1 rings (SSSR count). The summed E-state index contributed by atoms with van der Waals surface area (Å²) in [4.78, 5) is 1.53. The van der Waals surface area contributed by atoms with Gasteiger partial charge in [-0.3, -0.25) is 0 Å². The lowest BCUT2D eigenvalue weighted by molar-refractivity contribution is 0.452. The first kappa shape index (κ1) is 12.3. The molecule has 14 heavy (non-hydrogen) atoms. The van der Waals surface area contributed by atoms with Crippen LogP contribution in [0.3, 0.4) is 0 Å². The summed E-state index contributed by atoms with van der Waals surface area (Å²) in [6.45, 7) is 4.58. The normalized spacial score (nSPS) is 13.1. The van der Waals surface area contributed by atoms with Gasteiger partial charge in [0.1, 0.15) is 0 Å². The molecule has 0 radical (unpaired) electrons. The Morgan fingerprint density at radius 1 is 1.36 bits per heavy atom. The van der Waals surface area contributed by atoms with E-state index < -0.39 is 0 Å². The Morgan fingerprint density at radius 3 is 2.64 bits per heavy atom. The third-order valence-electron chi connectivity index (χ3n) is 2.66. The highest BCUT2D eigenvalue weighted by molar-refractivity contribution is 9.11. The Balaban J connectivity index is 2.40. The zero-order valence-corrected chi connectivity index (χ0v) is 11.5. The van der Waals surface area contributed by atoms with Crippen molar-refractivity contribution >= 4 is 27.3 Å². The number of hydrogen-bond acceptors (Lipinski definition) is 1. The van der Waals surface area contributed by atoms with Gasteiger partial charge in [0.15, 0.2) is 0 Å². The Labute approximate surface area is 99.9 Å². The van der Waals surface area contributed by atoms with Crippen LogP contribution in [0.15, 0.2) is 15.9 Å². The van der Waals surface area contributed by atoms with E-state index in [1.54, 1.807) is 0 Å². The molecule has 0 aliphatic heterocycles. The summed E-state index contributed by atoms with van der Waals surface area (Å²) in [5.74, 6) is 0.889. The maximum absolute atomic E-state index is 3.52. The molecule has 0 aliphatic carbocycles. The van der Waals surface area contributed by atoms with Gasteiger partial charge in [-0.25, -0.2) is 0 Å². The van der Waals surface area contributed by atoms with E-state index in [4.69, 9.17) is 0 Å². The Kier molecular flexibility index (Phi) is 5.80. The fourth-order valence-electron chi connectivity index (χ4n) is 1.69. The summed E-state index contributed by atoms with van der Waals surface area (Å²) in [7, 11) is 0. The molecule has 1 aromatic rings. The van der Waals surface area contributed by atoms with Gasteiger partial charge in [0, 0.05) is 4.88 Å². The van der Waals surface area contributed by atoms with Crippen LogP contribution in [0.2, 0.25) is 0 Å². The number of hydrogen-bond donors (Lipinski definition) is 0. The second-order valence-electron chi connectivity index (χ2n) is 3.83. The number of halogens is 1. The van der Waals surface area contributed by atoms with Crippen LogP contribution in [0.5, 0.6) is 0 Å². The van der Waals surface area contributed by atoms with E-state index in [1.165, 1.54) is 40.8 Å². The highest BCUT2D eigenvalue weighted by Gasteiger charge is 2.08. The standard InChI is InChI=1S/C12H19BrS/c1-3-5-6-10(4-2)9-11-7-8-12(13)14-11/h7-8,10H,3-6,9H2,1-2H3. The van der Waals surface area contributed by atoms with E-state index >= 15 is 0 Å². The number of rotatable bonds is 6. The van der Waals surface area contributed by atoms with Crippen molar-refractivity contribution in [3.63, 3.8) is 0 Å². The van der Waals surface area contributed by atoms with E-state index in [9.17, 15) is 0 Å². The quantitative estimate of drug-likeness (QED) is 0.663. The molecule has 0 saturated carbocycles. The lowest BCUT2D eigenvalue weighted by atomic mass is 9.95. The average molecular weight is 275 g/mol. The van der Waals surface area contributed by atoms with Gasteiger partial charge in [-0.05, 0) is 40.4 Å². The Morgan fingerprint density at radius 2 is 2.14 bits per heavy atom. The minimum Gasteiger partial charge on any atom is -0.133 e. The first-order chi connectivity index (χ1) is 6.76. The average Bonchev–Trinajstić information content (AvgIpc) is 2.58. The van der Waals surface area contributed by atoms with Crippen molar-refractivity contribution in [2.24, 2.45) is 5.92 Å². The topological polar surface area (TPSA) is 0 Å². The van der Waals surface area contributed by atoms with Crippen molar-refractivity contribution < 1.29 is 0 Å². The van der Waals surface area contributed by atoms with Gasteiger partial charge in [0.2, 0.25) is 0 Å². The van der Waals surface area contributed by atoms with Crippen molar-refractivity contribution in [3.05, 3.63) is 20.8 Å². The fraction of sp³-hybridized carbons (Fsp3) is 0.667. The predicted molar refractivity (Wildman–Crippen MR) is 69.0 cm³/mol. The summed E-state index contributed by atoms with van der Waals surface area (Å²) in [6.07, 6.45) is 6.68. The van der Waals surface area contributed by atoms with Gasteiger partial charge in [-0.1, -0.05) is 39.5 Å². The van der Waals surface area contributed by atoms with Crippen molar-refractivity contribution in [1.29, 1.82) is 0 Å². The van der Waals surface area contributed by atoms with Crippen molar-refractivity contribution in [2.45, 2.75) is 46.0 Å². The third-order valence-corrected chi connectivity index (χ3v) is 4.31. The molecule has 0 spiro atoms. The molecule has 2 heteroatoms. The summed E-state index contributed by atoms with van der Waals surface area (Å²) in [5, 5.41) is 0. The van der Waals surface area contributed by atoms with Gasteiger partial charge in [-0.2, -0.15) is 0 Å². The van der Waals surface area contributed by atoms with Gasteiger partial charge < -0.3 is 0 Å². The van der Waals surface area contributed by atoms with Crippen molar-refractivity contribution in [1.82, 2.24) is 0 Å². The largest absolute Gasteiger partial charge is 0.133 e. The Hall–Kier alpha value is 0.180. The minimum absolute atomic E-state index is 0.889. The van der Waals surface area contributed by atoms with Crippen molar-refractivity contribution in [2.75, 3.05) is 0 Å². The van der Waals surface area contributed by atoms with E-state index in [-0.39, 0.29) is 0 Å². The summed E-state index contributed by atoms with van der Waals surface area (Å²) in [5.41, 5.74) is 0. The van der Waals surface area contributed by atoms with Crippen LogP contribution in [-0.4, -0.2) is 0 Å². The summed E-state index contributed by atoms with van der Waals surface area (Å²) in [6, 6.07) is 4.41. The molecule has 0 bridgehead atoms. The van der Waals surface area contributed by atoms with Gasteiger partial charge >= 0.3 is 0 Å². The highest BCUT2D eigenvalue weighted by atomic mass is 79.9. The van der Waals surface area contributed by atoms with Crippen LogP contribution in [0.25, 0.3) is 0 Å². The molecule has 1 aromatic heterocycles. The molecule has 0 N–H and O–H groups in total. The SMILES string of the molecule is CCCCC(CC)Cc1ccc(Br)s1. The lowest BCUT2D eigenvalue weighted by Gasteiger charge is -2.12. The molecule has 0 nitrogen and oxygen atoms in total. The molecule has 1 heterocycles. The van der Waals surface area contributed by atoms with E-state index in [0.29, 0.717) is 0 Å². The fourth-order valence-corrected chi connectivity index (χ4v) is 3.29. The zero-order chi connectivity index (χ0) is 10.4. The molecule has 80 valence electrons. The number of thiophene rings is 1. The lowest BCUT2D eigenvalue weighted by Crippen LogP contribution is -2.01. The smallest absolute Gasteiger partial charge is 0.0701 e. The van der Waals surface area contributed by atoms with Gasteiger partial charge in [0.25, 0.3) is 0 Å². The minimum atomic E-state index is 0.889. The first-order valence-electron chi connectivity index (χ1n) is 5.50. The molecule has 1 atom stereocenters. The summed E-state index contributed by atoms with van der Waals surface area (Å²) >= 11 is 5.40. The van der Waals surface area contributed by atoms with Crippen LogP contribution in [0.1, 0.15) is 44.4 Å². The molecule has 0 saturated heterocycles. The molecule has 0 aromatic carbocycles. The first-order valence-corrected chi connectivity index (χ1v) is 7.11. The maximum atomic E-state index is 3.52. The third kappa shape index (κ3) is 4.14.